The van der Waals surface area contributed by atoms with Crippen molar-refractivity contribution in [3.8, 4) is 0 Å². The number of carbonyl (C=O) groups excluding carboxylic acids is 1. The zero-order valence-electron chi connectivity index (χ0n) is 11.3. The number of hydrogen-bond acceptors (Lipinski definition) is 2. The minimum absolute atomic E-state index is 0.0362. The summed E-state index contributed by atoms with van der Waals surface area (Å²) in [5, 5.41) is 2.94. The van der Waals surface area contributed by atoms with Crippen molar-refractivity contribution in [2.45, 2.75) is 33.1 Å². The van der Waals surface area contributed by atoms with Crippen LogP contribution in [0.15, 0.2) is 21.1 Å². The lowest BCUT2D eigenvalue weighted by atomic mass is 10.0. The molecule has 1 unspecified atom stereocenters. The van der Waals surface area contributed by atoms with Gasteiger partial charge in [0.15, 0.2) is 0 Å². The Morgan fingerprint density at radius 2 is 1.89 bits per heavy atom. The summed E-state index contributed by atoms with van der Waals surface area (Å²) in [7, 11) is 0. The van der Waals surface area contributed by atoms with Gasteiger partial charge in [0.05, 0.1) is 5.69 Å². The summed E-state index contributed by atoms with van der Waals surface area (Å²) < 4.78 is 1.78. The highest BCUT2D eigenvalue weighted by atomic mass is 79.9. The van der Waals surface area contributed by atoms with Gasteiger partial charge in [-0.3, -0.25) is 4.79 Å². The molecule has 0 saturated heterocycles. The standard InChI is InChI=1S/C14H20Br2N2O/c1-9(5-6-17)3-4-13(19)18-14-11(15)7-10(2)8-12(14)16/h7-9H,3-6,17H2,1-2H3,(H,18,19). The largest absolute Gasteiger partial charge is 0.330 e. The molecular weight excluding hydrogens is 372 g/mol. The van der Waals surface area contributed by atoms with E-state index in [9.17, 15) is 4.79 Å². The van der Waals surface area contributed by atoms with Crippen molar-refractivity contribution in [2.24, 2.45) is 11.7 Å². The first-order chi connectivity index (χ1) is 8.93. The summed E-state index contributed by atoms with van der Waals surface area (Å²) in [6, 6.07) is 3.97. The molecule has 1 rings (SSSR count). The molecule has 1 amide bonds. The van der Waals surface area contributed by atoms with Gasteiger partial charge in [-0.05, 0) is 81.8 Å². The van der Waals surface area contributed by atoms with E-state index in [-0.39, 0.29) is 5.91 Å². The average molecular weight is 392 g/mol. The van der Waals surface area contributed by atoms with Gasteiger partial charge in [0, 0.05) is 15.4 Å². The third-order valence-electron chi connectivity index (χ3n) is 2.97. The van der Waals surface area contributed by atoms with Gasteiger partial charge in [0.25, 0.3) is 0 Å². The van der Waals surface area contributed by atoms with Gasteiger partial charge in [0.2, 0.25) is 5.91 Å². The van der Waals surface area contributed by atoms with E-state index in [0.29, 0.717) is 18.9 Å². The molecule has 0 fully saturated rings. The van der Waals surface area contributed by atoms with Crippen LogP contribution in [0, 0.1) is 12.8 Å². The number of nitrogens with two attached hydrogens (primary N) is 1. The van der Waals surface area contributed by atoms with Crippen LogP contribution >= 0.6 is 31.9 Å². The molecule has 19 heavy (non-hydrogen) atoms. The van der Waals surface area contributed by atoms with E-state index in [2.05, 4.69) is 44.1 Å². The fraction of sp³-hybridized carbons (Fsp3) is 0.500. The maximum Gasteiger partial charge on any atom is 0.224 e. The Morgan fingerprint density at radius 1 is 1.32 bits per heavy atom. The Morgan fingerprint density at radius 3 is 2.42 bits per heavy atom. The maximum atomic E-state index is 11.9. The minimum Gasteiger partial charge on any atom is -0.330 e. The van der Waals surface area contributed by atoms with Gasteiger partial charge >= 0.3 is 0 Å². The Kier molecular flexibility index (Phi) is 7.04. The molecule has 3 nitrogen and oxygen atoms in total. The van der Waals surface area contributed by atoms with E-state index >= 15 is 0 Å². The van der Waals surface area contributed by atoms with E-state index in [1.165, 1.54) is 0 Å². The molecule has 0 bridgehead atoms. The van der Waals surface area contributed by atoms with Crippen LogP contribution in [-0.2, 0) is 4.79 Å². The highest BCUT2D eigenvalue weighted by Crippen LogP contribution is 2.32. The molecule has 1 aromatic carbocycles. The van der Waals surface area contributed by atoms with Crippen molar-refractivity contribution < 1.29 is 4.79 Å². The Labute approximate surface area is 131 Å². The highest BCUT2D eigenvalue weighted by Gasteiger charge is 2.11. The number of nitrogens with one attached hydrogen (secondary N) is 1. The zero-order valence-corrected chi connectivity index (χ0v) is 14.5. The van der Waals surface area contributed by atoms with E-state index < -0.39 is 0 Å². The normalized spacial score (nSPS) is 12.3. The summed E-state index contributed by atoms with van der Waals surface area (Å²) in [5.74, 6) is 0.523. The number of rotatable bonds is 6. The summed E-state index contributed by atoms with van der Waals surface area (Å²) in [5.41, 5.74) is 7.43. The molecule has 0 aliphatic carbocycles. The van der Waals surface area contributed by atoms with Crippen molar-refractivity contribution in [1.29, 1.82) is 0 Å². The molecule has 3 N–H and O–H groups in total. The predicted molar refractivity (Wildman–Crippen MR) is 87.3 cm³/mol. The lowest BCUT2D eigenvalue weighted by Crippen LogP contribution is -2.14. The van der Waals surface area contributed by atoms with Crippen molar-refractivity contribution in [2.75, 3.05) is 11.9 Å². The molecule has 1 aromatic rings. The number of halogens is 2. The summed E-state index contributed by atoms with van der Waals surface area (Å²) >= 11 is 6.94. The van der Waals surface area contributed by atoms with Crippen LogP contribution in [0.4, 0.5) is 5.69 Å². The molecule has 0 aliphatic heterocycles. The van der Waals surface area contributed by atoms with Gasteiger partial charge in [-0.25, -0.2) is 0 Å². The smallest absolute Gasteiger partial charge is 0.224 e. The molecule has 0 radical (unpaired) electrons. The average Bonchev–Trinajstić information content (AvgIpc) is 2.31. The second-order valence-corrected chi connectivity index (χ2v) is 6.58. The van der Waals surface area contributed by atoms with Crippen LogP contribution in [0.25, 0.3) is 0 Å². The Hall–Kier alpha value is -0.390. The van der Waals surface area contributed by atoms with Gasteiger partial charge in [-0.15, -0.1) is 0 Å². The number of aryl methyl sites for hydroxylation is 1. The molecule has 5 heteroatoms. The molecule has 0 saturated carbocycles. The van der Waals surface area contributed by atoms with Crippen molar-refractivity contribution in [3.05, 3.63) is 26.6 Å². The van der Waals surface area contributed by atoms with Gasteiger partial charge in [0.1, 0.15) is 0 Å². The van der Waals surface area contributed by atoms with E-state index in [1.54, 1.807) is 0 Å². The molecule has 1 atom stereocenters. The molecule has 0 aromatic heterocycles. The Bertz CT molecular complexity index is 426. The lowest BCUT2D eigenvalue weighted by molar-refractivity contribution is -0.116. The molecule has 0 aliphatic rings. The third kappa shape index (κ3) is 5.63. The fourth-order valence-electron chi connectivity index (χ4n) is 1.83. The van der Waals surface area contributed by atoms with Crippen molar-refractivity contribution in [3.63, 3.8) is 0 Å². The molecule has 0 spiro atoms. The fourth-order valence-corrected chi connectivity index (χ4v) is 3.44. The summed E-state index contributed by atoms with van der Waals surface area (Å²) in [4.78, 5) is 11.9. The van der Waals surface area contributed by atoms with Gasteiger partial charge in [-0.2, -0.15) is 0 Å². The van der Waals surface area contributed by atoms with Gasteiger partial charge < -0.3 is 11.1 Å². The van der Waals surface area contributed by atoms with Crippen LogP contribution in [0.2, 0.25) is 0 Å². The first kappa shape index (κ1) is 16.7. The minimum atomic E-state index is 0.0362. The van der Waals surface area contributed by atoms with Crippen molar-refractivity contribution >= 4 is 43.5 Å². The van der Waals surface area contributed by atoms with Crippen LogP contribution in [-0.4, -0.2) is 12.5 Å². The number of amides is 1. The quantitative estimate of drug-likeness (QED) is 0.762. The predicted octanol–water partition coefficient (Wildman–Crippen LogP) is 4.22. The van der Waals surface area contributed by atoms with Crippen molar-refractivity contribution in [1.82, 2.24) is 0 Å². The number of benzene rings is 1. The van der Waals surface area contributed by atoms with E-state index in [4.69, 9.17) is 5.73 Å². The number of carbonyl (C=O) groups is 1. The maximum absolute atomic E-state index is 11.9. The van der Waals surface area contributed by atoms with Crippen LogP contribution in [0.5, 0.6) is 0 Å². The monoisotopic (exact) mass is 390 g/mol. The second-order valence-electron chi connectivity index (χ2n) is 4.87. The molecule has 106 valence electrons. The third-order valence-corrected chi connectivity index (χ3v) is 4.23. The molecule has 0 heterocycles. The summed E-state index contributed by atoms with van der Waals surface area (Å²) in [6.07, 6.45) is 2.35. The first-order valence-corrected chi connectivity index (χ1v) is 7.98. The van der Waals surface area contributed by atoms with Crippen LogP contribution in [0.1, 0.15) is 31.7 Å². The number of hydrogen-bond donors (Lipinski definition) is 2. The summed E-state index contributed by atoms with van der Waals surface area (Å²) in [6.45, 7) is 4.81. The van der Waals surface area contributed by atoms with Crippen LogP contribution < -0.4 is 11.1 Å². The zero-order chi connectivity index (χ0) is 14.4. The first-order valence-electron chi connectivity index (χ1n) is 6.39. The molecular formula is C14H20Br2N2O. The number of anilines is 1. The van der Waals surface area contributed by atoms with E-state index in [1.807, 2.05) is 19.1 Å². The highest BCUT2D eigenvalue weighted by molar-refractivity contribution is 9.11. The Balaban J connectivity index is 2.58. The second kappa shape index (κ2) is 8.02. The van der Waals surface area contributed by atoms with Gasteiger partial charge in [-0.1, -0.05) is 6.92 Å². The topological polar surface area (TPSA) is 55.1 Å². The lowest BCUT2D eigenvalue weighted by Gasteiger charge is -2.12. The SMILES string of the molecule is Cc1cc(Br)c(NC(=O)CCC(C)CCN)c(Br)c1. The van der Waals surface area contributed by atoms with E-state index in [0.717, 1.165) is 33.0 Å². The van der Waals surface area contributed by atoms with Crippen LogP contribution in [0.3, 0.4) is 0 Å².